The number of pyridine rings is 1. The molecule has 1 aromatic carbocycles. The molecule has 0 aliphatic carbocycles. The maximum absolute atomic E-state index is 13.9. The van der Waals surface area contributed by atoms with Crippen molar-refractivity contribution in [2.75, 3.05) is 18.4 Å². The van der Waals surface area contributed by atoms with Crippen LogP contribution < -0.4 is 5.32 Å². The topological polar surface area (TPSA) is 45.2 Å². The Labute approximate surface area is 145 Å². The van der Waals surface area contributed by atoms with E-state index in [4.69, 9.17) is 0 Å². The Bertz CT molecular complexity index is 786. The number of aryl methyl sites for hydroxylation is 2. The van der Waals surface area contributed by atoms with Crippen LogP contribution in [-0.2, 0) is 0 Å². The van der Waals surface area contributed by atoms with Crippen LogP contribution in [0.15, 0.2) is 30.3 Å². The highest BCUT2D eigenvalue weighted by atomic mass is 19.1. The van der Waals surface area contributed by atoms with E-state index in [2.05, 4.69) is 10.3 Å². The van der Waals surface area contributed by atoms with E-state index < -0.39 is 11.6 Å². The molecule has 6 heteroatoms. The molecule has 1 aliphatic heterocycles. The van der Waals surface area contributed by atoms with Crippen molar-refractivity contribution >= 4 is 11.7 Å². The van der Waals surface area contributed by atoms with Crippen molar-refractivity contribution in [2.24, 2.45) is 0 Å². The predicted molar refractivity (Wildman–Crippen MR) is 92.6 cm³/mol. The van der Waals surface area contributed by atoms with Gasteiger partial charge in [-0.2, -0.15) is 0 Å². The number of halogens is 2. The third kappa shape index (κ3) is 3.95. The molecule has 1 N–H and O–H groups in total. The van der Waals surface area contributed by atoms with E-state index in [1.807, 2.05) is 25.1 Å². The number of anilines is 1. The van der Waals surface area contributed by atoms with Crippen LogP contribution in [0, 0.1) is 25.5 Å². The van der Waals surface area contributed by atoms with Gasteiger partial charge in [0.05, 0.1) is 5.56 Å². The second-order valence-corrected chi connectivity index (χ2v) is 6.46. The smallest absolute Gasteiger partial charge is 0.256 e. The van der Waals surface area contributed by atoms with Gasteiger partial charge in [-0.05, 0) is 50.5 Å². The van der Waals surface area contributed by atoms with Crippen LogP contribution in [0.3, 0.4) is 0 Å². The van der Waals surface area contributed by atoms with E-state index in [0.717, 1.165) is 30.4 Å². The number of benzene rings is 1. The van der Waals surface area contributed by atoms with Gasteiger partial charge in [-0.25, -0.2) is 13.8 Å². The van der Waals surface area contributed by atoms with Crippen LogP contribution in [0.4, 0.5) is 14.6 Å². The molecule has 25 heavy (non-hydrogen) atoms. The van der Waals surface area contributed by atoms with E-state index in [1.54, 1.807) is 4.90 Å². The highest BCUT2D eigenvalue weighted by Crippen LogP contribution is 2.20. The van der Waals surface area contributed by atoms with Gasteiger partial charge in [0.15, 0.2) is 0 Å². The SMILES string of the molecule is Cc1cccc(NC2CCN(C(=O)c3cc(C)c(F)cc3F)CC2)n1. The predicted octanol–water partition coefficient (Wildman–Crippen LogP) is 3.69. The number of hydrogen-bond donors (Lipinski definition) is 1. The molecule has 0 saturated carbocycles. The number of amides is 1. The number of aromatic nitrogens is 1. The molecule has 0 bridgehead atoms. The maximum Gasteiger partial charge on any atom is 0.256 e. The van der Waals surface area contributed by atoms with Crippen molar-refractivity contribution < 1.29 is 13.6 Å². The van der Waals surface area contributed by atoms with E-state index in [-0.39, 0.29) is 23.1 Å². The normalized spacial score (nSPS) is 15.3. The Morgan fingerprint density at radius 2 is 1.88 bits per heavy atom. The van der Waals surface area contributed by atoms with Crippen LogP contribution in [0.25, 0.3) is 0 Å². The van der Waals surface area contributed by atoms with Gasteiger partial charge in [0.25, 0.3) is 5.91 Å². The van der Waals surface area contributed by atoms with Crippen molar-refractivity contribution in [1.82, 2.24) is 9.88 Å². The number of carbonyl (C=O) groups excluding carboxylic acids is 1. The fourth-order valence-electron chi connectivity index (χ4n) is 3.05. The van der Waals surface area contributed by atoms with E-state index >= 15 is 0 Å². The maximum atomic E-state index is 13.9. The van der Waals surface area contributed by atoms with Crippen LogP contribution in [0.5, 0.6) is 0 Å². The number of likely N-dealkylation sites (tertiary alicyclic amines) is 1. The van der Waals surface area contributed by atoms with E-state index in [1.165, 1.54) is 13.0 Å². The lowest BCUT2D eigenvalue weighted by molar-refractivity contribution is 0.0713. The van der Waals surface area contributed by atoms with E-state index in [9.17, 15) is 13.6 Å². The van der Waals surface area contributed by atoms with Crippen LogP contribution >= 0.6 is 0 Å². The van der Waals surface area contributed by atoms with Crippen molar-refractivity contribution in [2.45, 2.75) is 32.7 Å². The first-order valence-electron chi connectivity index (χ1n) is 8.39. The molecular weight excluding hydrogens is 324 g/mol. The fourth-order valence-corrected chi connectivity index (χ4v) is 3.05. The van der Waals surface area contributed by atoms with E-state index in [0.29, 0.717) is 13.1 Å². The molecular formula is C19H21F2N3O. The summed E-state index contributed by atoms with van der Waals surface area (Å²) in [6.45, 7) is 4.51. The summed E-state index contributed by atoms with van der Waals surface area (Å²) in [5, 5.41) is 3.38. The minimum Gasteiger partial charge on any atom is -0.367 e. The summed E-state index contributed by atoms with van der Waals surface area (Å²) in [5.74, 6) is -1.00. The number of rotatable bonds is 3. The number of hydrogen-bond acceptors (Lipinski definition) is 3. The lowest BCUT2D eigenvalue weighted by Gasteiger charge is -2.32. The first-order chi connectivity index (χ1) is 11.9. The van der Waals surface area contributed by atoms with Gasteiger partial charge >= 0.3 is 0 Å². The molecule has 1 saturated heterocycles. The lowest BCUT2D eigenvalue weighted by atomic mass is 10.0. The zero-order chi connectivity index (χ0) is 18.0. The lowest BCUT2D eigenvalue weighted by Crippen LogP contribution is -2.42. The third-order valence-corrected chi connectivity index (χ3v) is 4.50. The molecule has 2 aromatic rings. The molecule has 0 unspecified atom stereocenters. The second-order valence-electron chi connectivity index (χ2n) is 6.46. The Morgan fingerprint density at radius 3 is 2.56 bits per heavy atom. The van der Waals surface area contributed by atoms with Crippen LogP contribution in [0.1, 0.15) is 34.5 Å². The van der Waals surface area contributed by atoms with Crippen molar-refractivity contribution in [3.63, 3.8) is 0 Å². The number of nitrogens with zero attached hydrogens (tertiary/aromatic N) is 2. The summed E-state index contributed by atoms with van der Waals surface area (Å²) >= 11 is 0. The number of nitrogens with one attached hydrogen (secondary N) is 1. The fraction of sp³-hybridized carbons (Fsp3) is 0.368. The Balaban J connectivity index is 1.62. The summed E-state index contributed by atoms with van der Waals surface area (Å²) in [5.41, 5.74) is 1.15. The highest BCUT2D eigenvalue weighted by Gasteiger charge is 2.26. The highest BCUT2D eigenvalue weighted by molar-refractivity contribution is 5.94. The second kappa shape index (κ2) is 7.17. The molecule has 1 aliphatic rings. The van der Waals surface area contributed by atoms with Gasteiger partial charge in [-0.3, -0.25) is 4.79 Å². The molecule has 1 aromatic heterocycles. The summed E-state index contributed by atoms with van der Waals surface area (Å²) in [4.78, 5) is 18.6. The average Bonchev–Trinajstić information content (AvgIpc) is 2.58. The summed E-state index contributed by atoms with van der Waals surface area (Å²) in [6, 6.07) is 8.09. The molecule has 2 heterocycles. The molecule has 1 amide bonds. The number of carbonyl (C=O) groups is 1. The van der Waals surface area contributed by atoms with Crippen molar-refractivity contribution in [3.8, 4) is 0 Å². The van der Waals surface area contributed by atoms with Crippen LogP contribution in [-0.4, -0.2) is 34.9 Å². The van der Waals surface area contributed by atoms with Crippen LogP contribution in [0.2, 0.25) is 0 Å². The van der Waals surface area contributed by atoms with Gasteiger partial charge in [0.1, 0.15) is 17.5 Å². The van der Waals surface area contributed by atoms with Gasteiger partial charge in [-0.15, -0.1) is 0 Å². The van der Waals surface area contributed by atoms with Crippen molar-refractivity contribution in [3.05, 3.63) is 58.8 Å². The first-order valence-corrected chi connectivity index (χ1v) is 8.39. The quantitative estimate of drug-likeness (QED) is 0.923. The summed E-state index contributed by atoms with van der Waals surface area (Å²) in [7, 11) is 0. The molecule has 3 rings (SSSR count). The summed E-state index contributed by atoms with van der Waals surface area (Å²) < 4.78 is 27.3. The zero-order valence-electron chi connectivity index (χ0n) is 14.4. The third-order valence-electron chi connectivity index (χ3n) is 4.50. The molecule has 0 spiro atoms. The van der Waals surface area contributed by atoms with Gasteiger partial charge in [-0.1, -0.05) is 6.07 Å². The molecule has 0 atom stereocenters. The largest absolute Gasteiger partial charge is 0.367 e. The molecule has 4 nitrogen and oxygen atoms in total. The number of piperidine rings is 1. The molecule has 132 valence electrons. The van der Waals surface area contributed by atoms with Crippen molar-refractivity contribution in [1.29, 1.82) is 0 Å². The Morgan fingerprint density at radius 1 is 1.16 bits per heavy atom. The van der Waals surface area contributed by atoms with Gasteiger partial charge in [0.2, 0.25) is 0 Å². The molecule has 0 radical (unpaired) electrons. The Kier molecular flexibility index (Phi) is 4.97. The monoisotopic (exact) mass is 345 g/mol. The standard InChI is InChI=1S/C19H21F2N3O/c1-12-10-15(17(21)11-16(12)20)19(25)24-8-6-14(7-9-24)23-18-5-3-4-13(2)22-18/h3-5,10-11,14H,6-9H2,1-2H3,(H,22,23). The van der Waals surface area contributed by atoms with Gasteiger partial charge < -0.3 is 10.2 Å². The Hall–Kier alpha value is -2.50. The van der Waals surface area contributed by atoms with Gasteiger partial charge in [0, 0.05) is 30.9 Å². The first kappa shape index (κ1) is 17.3. The average molecular weight is 345 g/mol. The minimum atomic E-state index is -0.808. The summed E-state index contributed by atoms with van der Waals surface area (Å²) in [6.07, 6.45) is 1.51. The molecule has 1 fully saturated rings. The minimum absolute atomic E-state index is 0.0642. The zero-order valence-corrected chi connectivity index (χ0v) is 14.4.